The molecule has 1 aromatic rings. The summed E-state index contributed by atoms with van der Waals surface area (Å²) in [6.45, 7) is 1.29. The van der Waals surface area contributed by atoms with Crippen molar-refractivity contribution in [1.82, 2.24) is 10.2 Å². The normalized spacial score (nSPS) is 29.9. The van der Waals surface area contributed by atoms with Gasteiger partial charge in [0.25, 0.3) is 0 Å². The Morgan fingerprint density at radius 1 is 1.45 bits per heavy atom. The Labute approximate surface area is 123 Å². The van der Waals surface area contributed by atoms with E-state index in [4.69, 9.17) is 11.6 Å². The number of rotatable bonds is 2. The molecule has 0 radical (unpaired) electrons. The predicted molar refractivity (Wildman–Crippen MR) is 77.6 cm³/mol. The zero-order valence-electron chi connectivity index (χ0n) is 11.3. The van der Waals surface area contributed by atoms with E-state index in [0.717, 1.165) is 24.9 Å². The van der Waals surface area contributed by atoms with Crippen LogP contribution in [-0.2, 0) is 4.79 Å². The second-order valence-electron chi connectivity index (χ2n) is 5.60. The summed E-state index contributed by atoms with van der Waals surface area (Å²) in [5, 5.41) is 13.4. The Bertz CT molecular complexity index is 508. The van der Waals surface area contributed by atoms with E-state index in [2.05, 4.69) is 5.32 Å². The van der Waals surface area contributed by atoms with E-state index in [1.807, 2.05) is 29.2 Å². The average molecular weight is 295 g/mol. The minimum atomic E-state index is -0.406. The Morgan fingerprint density at radius 3 is 3.00 bits per heavy atom. The highest BCUT2D eigenvalue weighted by atomic mass is 35.5. The van der Waals surface area contributed by atoms with Crippen molar-refractivity contribution in [2.24, 2.45) is 0 Å². The maximum atomic E-state index is 12.6. The number of nitrogens with one attached hydrogen (secondary N) is 1. The Morgan fingerprint density at radius 2 is 2.30 bits per heavy atom. The van der Waals surface area contributed by atoms with Crippen molar-refractivity contribution in [2.75, 3.05) is 13.1 Å². The van der Waals surface area contributed by atoms with Gasteiger partial charge in [-0.1, -0.05) is 23.7 Å². The van der Waals surface area contributed by atoms with E-state index in [1.54, 1.807) is 0 Å². The summed E-state index contributed by atoms with van der Waals surface area (Å²) < 4.78 is 0. The van der Waals surface area contributed by atoms with Gasteiger partial charge in [0.1, 0.15) is 0 Å². The van der Waals surface area contributed by atoms with Gasteiger partial charge in [0.15, 0.2) is 0 Å². The van der Waals surface area contributed by atoms with Gasteiger partial charge in [-0.05, 0) is 37.0 Å². The SMILES string of the molecule is O=C(C1CC(O)CN1)N1CCCC1c1cccc(Cl)c1. The zero-order valence-corrected chi connectivity index (χ0v) is 12.0. The maximum Gasteiger partial charge on any atom is 0.240 e. The molecule has 5 heteroatoms. The van der Waals surface area contributed by atoms with Gasteiger partial charge in [-0.2, -0.15) is 0 Å². The number of benzene rings is 1. The number of hydrogen-bond donors (Lipinski definition) is 2. The van der Waals surface area contributed by atoms with Crippen LogP contribution in [0.25, 0.3) is 0 Å². The molecule has 1 amide bonds. The summed E-state index contributed by atoms with van der Waals surface area (Å²) in [7, 11) is 0. The lowest BCUT2D eigenvalue weighted by molar-refractivity contribution is -0.134. The molecule has 2 N–H and O–H groups in total. The first-order chi connectivity index (χ1) is 9.65. The van der Waals surface area contributed by atoms with Crippen molar-refractivity contribution in [3.8, 4) is 0 Å². The van der Waals surface area contributed by atoms with E-state index >= 15 is 0 Å². The van der Waals surface area contributed by atoms with Gasteiger partial charge in [0, 0.05) is 18.1 Å². The second-order valence-corrected chi connectivity index (χ2v) is 6.03. The molecule has 20 heavy (non-hydrogen) atoms. The molecule has 3 rings (SSSR count). The lowest BCUT2D eigenvalue weighted by Crippen LogP contribution is -2.43. The first-order valence-electron chi connectivity index (χ1n) is 7.12. The molecule has 3 unspecified atom stereocenters. The molecule has 0 spiro atoms. The summed E-state index contributed by atoms with van der Waals surface area (Å²) in [5.41, 5.74) is 1.10. The number of aliphatic hydroxyl groups is 1. The third-order valence-electron chi connectivity index (χ3n) is 4.18. The summed E-state index contributed by atoms with van der Waals surface area (Å²) in [6.07, 6.45) is 2.09. The van der Waals surface area contributed by atoms with Crippen LogP contribution in [0.1, 0.15) is 30.9 Å². The molecule has 1 aromatic carbocycles. The fraction of sp³-hybridized carbons (Fsp3) is 0.533. The molecule has 3 atom stereocenters. The number of β-amino-alcohol motifs (C(OH)–C–C–N with tert-alkyl or cyclic N) is 1. The molecule has 2 fully saturated rings. The van der Waals surface area contributed by atoms with E-state index in [1.165, 1.54) is 0 Å². The van der Waals surface area contributed by atoms with E-state index < -0.39 is 6.10 Å². The lowest BCUT2D eigenvalue weighted by Gasteiger charge is -2.28. The third kappa shape index (κ3) is 2.68. The summed E-state index contributed by atoms with van der Waals surface area (Å²) in [5.74, 6) is 0.101. The molecule has 0 saturated carbocycles. The first-order valence-corrected chi connectivity index (χ1v) is 7.50. The molecular weight excluding hydrogens is 276 g/mol. The van der Waals surface area contributed by atoms with E-state index in [-0.39, 0.29) is 18.0 Å². The number of amides is 1. The van der Waals surface area contributed by atoms with Gasteiger partial charge < -0.3 is 15.3 Å². The van der Waals surface area contributed by atoms with Crippen molar-refractivity contribution >= 4 is 17.5 Å². The van der Waals surface area contributed by atoms with Crippen LogP contribution in [0.3, 0.4) is 0 Å². The molecule has 2 saturated heterocycles. The van der Waals surface area contributed by atoms with Gasteiger partial charge >= 0.3 is 0 Å². The quantitative estimate of drug-likeness (QED) is 0.873. The fourth-order valence-electron chi connectivity index (χ4n) is 3.20. The van der Waals surface area contributed by atoms with Gasteiger partial charge in [0.2, 0.25) is 5.91 Å². The van der Waals surface area contributed by atoms with Crippen LogP contribution in [-0.4, -0.2) is 41.1 Å². The van der Waals surface area contributed by atoms with Gasteiger partial charge in [0.05, 0.1) is 18.2 Å². The monoisotopic (exact) mass is 294 g/mol. The number of halogens is 1. The van der Waals surface area contributed by atoms with Crippen molar-refractivity contribution in [2.45, 2.75) is 37.5 Å². The molecule has 0 bridgehead atoms. The molecular formula is C15H19ClN2O2. The first kappa shape index (κ1) is 13.9. The number of carbonyl (C=O) groups excluding carboxylic acids is 1. The fourth-order valence-corrected chi connectivity index (χ4v) is 3.39. The number of nitrogens with zero attached hydrogens (tertiary/aromatic N) is 1. The highest BCUT2D eigenvalue weighted by Crippen LogP contribution is 2.34. The maximum absolute atomic E-state index is 12.6. The smallest absolute Gasteiger partial charge is 0.240 e. The van der Waals surface area contributed by atoms with Crippen molar-refractivity contribution < 1.29 is 9.90 Å². The van der Waals surface area contributed by atoms with Gasteiger partial charge in [-0.25, -0.2) is 0 Å². The van der Waals surface area contributed by atoms with Crippen LogP contribution in [0.2, 0.25) is 5.02 Å². The van der Waals surface area contributed by atoms with Crippen LogP contribution in [0.4, 0.5) is 0 Å². The third-order valence-corrected chi connectivity index (χ3v) is 4.41. The Balaban J connectivity index is 1.77. The predicted octanol–water partition coefficient (Wildman–Crippen LogP) is 1.73. The van der Waals surface area contributed by atoms with Crippen LogP contribution in [0, 0.1) is 0 Å². The largest absolute Gasteiger partial charge is 0.392 e. The molecule has 2 aliphatic rings. The minimum Gasteiger partial charge on any atom is -0.392 e. The van der Waals surface area contributed by atoms with Crippen LogP contribution in [0.5, 0.6) is 0 Å². The Kier molecular flexibility index (Phi) is 3.96. The van der Waals surface area contributed by atoms with Crippen LogP contribution >= 0.6 is 11.6 Å². The average Bonchev–Trinajstić information content (AvgIpc) is 3.06. The number of likely N-dealkylation sites (tertiary alicyclic amines) is 1. The lowest BCUT2D eigenvalue weighted by atomic mass is 10.0. The van der Waals surface area contributed by atoms with E-state index in [0.29, 0.717) is 18.0 Å². The molecule has 2 aliphatic heterocycles. The molecule has 0 aromatic heterocycles. The summed E-state index contributed by atoms with van der Waals surface area (Å²) in [6, 6.07) is 7.61. The standard InChI is InChI=1S/C15H19ClN2O2/c16-11-4-1-3-10(7-11)14-5-2-6-18(14)15(20)13-8-12(19)9-17-13/h1,3-4,7,12-14,17,19H,2,5-6,8-9H2. The van der Waals surface area contributed by atoms with Crippen molar-refractivity contribution in [3.63, 3.8) is 0 Å². The number of aliphatic hydroxyl groups excluding tert-OH is 1. The van der Waals surface area contributed by atoms with Gasteiger partial charge in [-0.15, -0.1) is 0 Å². The van der Waals surface area contributed by atoms with E-state index in [9.17, 15) is 9.90 Å². The molecule has 2 heterocycles. The van der Waals surface area contributed by atoms with Crippen molar-refractivity contribution in [3.05, 3.63) is 34.9 Å². The zero-order chi connectivity index (χ0) is 14.1. The highest BCUT2D eigenvalue weighted by molar-refractivity contribution is 6.30. The Hall–Kier alpha value is -1.10. The van der Waals surface area contributed by atoms with Gasteiger partial charge in [-0.3, -0.25) is 4.79 Å². The number of carbonyl (C=O) groups is 1. The minimum absolute atomic E-state index is 0.101. The second kappa shape index (κ2) is 5.72. The van der Waals surface area contributed by atoms with Crippen molar-refractivity contribution in [1.29, 1.82) is 0 Å². The summed E-state index contributed by atoms with van der Waals surface area (Å²) in [4.78, 5) is 14.5. The molecule has 4 nitrogen and oxygen atoms in total. The topological polar surface area (TPSA) is 52.6 Å². The number of hydrogen-bond acceptors (Lipinski definition) is 3. The molecule has 108 valence electrons. The summed E-state index contributed by atoms with van der Waals surface area (Å²) >= 11 is 6.05. The molecule has 0 aliphatic carbocycles. The van der Waals surface area contributed by atoms with Crippen LogP contribution in [0.15, 0.2) is 24.3 Å². The van der Waals surface area contributed by atoms with Crippen LogP contribution < -0.4 is 5.32 Å². The highest BCUT2D eigenvalue weighted by Gasteiger charge is 2.36.